The first kappa shape index (κ1) is 14.5. The molecule has 2 aromatic carbocycles. The number of hydrogen-bond acceptors (Lipinski definition) is 1. The van der Waals surface area contributed by atoms with Gasteiger partial charge >= 0.3 is 0 Å². The Balaban J connectivity index is 2.36. The first-order chi connectivity index (χ1) is 10.0. The van der Waals surface area contributed by atoms with Crippen LogP contribution in [0.1, 0.15) is 11.4 Å². The second-order valence-electron chi connectivity index (χ2n) is 4.68. The molecule has 2 nitrogen and oxygen atoms in total. The summed E-state index contributed by atoms with van der Waals surface area (Å²) >= 11 is 9.10. The van der Waals surface area contributed by atoms with E-state index in [9.17, 15) is 8.78 Å². The third-order valence-corrected chi connectivity index (χ3v) is 4.13. The number of halogens is 4. The molecule has 0 aliphatic heterocycles. The lowest BCUT2D eigenvalue weighted by Crippen LogP contribution is -2.02. The van der Waals surface area contributed by atoms with Gasteiger partial charge < -0.3 is 0 Å². The van der Waals surface area contributed by atoms with Crippen molar-refractivity contribution in [2.45, 2.75) is 12.8 Å². The third-order valence-electron chi connectivity index (χ3n) is 3.29. The number of benzene rings is 2. The number of aryl methyl sites for hydroxylation is 1. The van der Waals surface area contributed by atoms with E-state index in [1.54, 1.807) is 16.7 Å². The highest BCUT2D eigenvalue weighted by atomic mass is 79.9. The van der Waals surface area contributed by atoms with E-state index in [0.29, 0.717) is 27.0 Å². The van der Waals surface area contributed by atoms with Crippen molar-refractivity contribution in [1.82, 2.24) is 9.55 Å². The van der Waals surface area contributed by atoms with Crippen LogP contribution in [0.2, 0.25) is 0 Å². The topological polar surface area (TPSA) is 17.8 Å². The van der Waals surface area contributed by atoms with Gasteiger partial charge in [0, 0.05) is 6.07 Å². The quantitative estimate of drug-likeness (QED) is 0.572. The van der Waals surface area contributed by atoms with E-state index >= 15 is 0 Å². The SMILES string of the molecule is Cc1cc(Br)c(F)cc1-n1c(CCl)nc2cc(F)ccc21. The van der Waals surface area contributed by atoms with Crippen LogP contribution in [0.3, 0.4) is 0 Å². The minimum absolute atomic E-state index is 0.146. The molecule has 3 aromatic rings. The second-order valence-corrected chi connectivity index (χ2v) is 5.80. The van der Waals surface area contributed by atoms with E-state index in [2.05, 4.69) is 20.9 Å². The van der Waals surface area contributed by atoms with Crippen LogP contribution >= 0.6 is 27.5 Å². The van der Waals surface area contributed by atoms with Gasteiger partial charge in [0.1, 0.15) is 17.5 Å². The molecule has 0 fully saturated rings. The van der Waals surface area contributed by atoms with Crippen molar-refractivity contribution in [3.63, 3.8) is 0 Å². The number of rotatable bonds is 2. The summed E-state index contributed by atoms with van der Waals surface area (Å²) in [6, 6.07) is 7.42. The predicted octanol–water partition coefficient (Wildman–Crippen LogP) is 5.11. The summed E-state index contributed by atoms with van der Waals surface area (Å²) in [4.78, 5) is 4.32. The molecule has 0 amide bonds. The molecule has 0 aliphatic rings. The lowest BCUT2D eigenvalue weighted by atomic mass is 10.2. The second kappa shape index (κ2) is 5.39. The van der Waals surface area contributed by atoms with Crippen molar-refractivity contribution in [2.24, 2.45) is 0 Å². The Hall–Kier alpha value is -1.46. The maximum absolute atomic E-state index is 13.9. The van der Waals surface area contributed by atoms with Gasteiger partial charge in [0.15, 0.2) is 0 Å². The Morgan fingerprint density at radius 3 is 2.71 bits per heavy atom. The van der Waals surface area contributed by atoms with Crippen LogP contribution in [0.5, 0.6) is 0 Å². The molecule has 0 spiro atoms. The first-order valence-corrected chi connectivity index (χ1v) is 7.53. The third kappa shape index (κ3) is 2.45. The predicted molar refractivity (Wildman–Crippen MR) is 83.0 cm³/mol. The highest BCUT2D eigenvalue weighted by Gasteiger charge is 2.15. The van der Waals surface area contributed by atoms with Gasteiger partial charge in [-0.1, -0.05) is 0 Å². The molecule has 0 radical (unpaired) electrons. The van der Waals surface area contributed by atoms with E-state index in [1.807, 2.05) is 6.92 Å². The molecule has 0 unspecified atom stereocenters. The summed E-state index contributed by atoms with van der Waals surface area (Å²) in [5, 5.41) is 0. The largest absolute Gasteiger partial charge is 0.295 e. The van der Waals surface area contributed by atoms with Crippen LogP contribution in [0, 0.1) is 18.6 Å². The molecule has 1 aromatic heterocycles. The number of aromatic nitrogens is 2. The van der Waals surface area contributed by atoms with Crippen LogP contribution in [-0.4, -0.2) is 9.55 Å². The summed E-state index contributed by atoms with van der Waals surface area (Å²) in [5.74, 6) is -0.0536. The monoisotopic (exact) mass is 370 g/mol. The molecule has 0 saturated carbocycles. The molecule has 0 aliphatic carbocycles. The molecule has 1 heterocycles. The molecule has 0 bridgehead atoms. The fourth-order valence-electron chi connectivity index (χ4n) is 2.34. The Morgan fingerprint density at radius 1 is 1.24 bits per heavy atom. The van der Waals surface area contributed by atoms with Crippen molar-refractivity contribution < 1.29 is 8.78 Å². The maximum atomic E-state index is 13.9. The molecule has 108 valence electrons. The zero-order valence-corrected chi connectivity index (χ0v) is 13.3. The molecule has 6 heteroatoms. The van der Waals surface area contributed by atoms with Crippen LogP contribution in [0.4, 0.5) is 8.78 Å². The summed E-state index contributed by atoms with van der Waals surface area (Å²) in [5.41, 5.74) is 2.68. The lowest BCUT2D eigenvalue weighted by molar-refractivity contribution is 0.619. The fraction of sp³-hybridized carbons (Fsp3) is 0.133. The molecule has 3 rings (SSSR count). The van der Waals surface area contributed by atoms with E-state index in [1.165, 1.54) is 18.2 Å². The van der Waals surface area contributed by atoms with Gasteiger partial charge in [-0.25, -0.2) is 13.8 Å². The Kier molecular flexibility index (Phi) is 3.71. The molecule has 0 N–H and O–H groups in total. The van der Waals surface area contributed by atoms with E-state index in [-0.39, 0.29) is 17.5 Å². The van der Waals surface area contributed by atoms with Gasteiger partial charge in [0.25, 0.3) is 0 Å². The summed E-state index contributed by atoms with van der Waals surface area (Å²) in [7, 11) is 0. The van der Waals surface area contributed by atoms with Crippen molar-refractivity contribution in [3.05, 3.63) is 57.8 Å². The Morgan fingerprint density at radius 2 is 2.00 bits per heavy atom. The van der Waals surface area contributed by atoms with Crippen LogP contribution < -0.4 is 0 Å². The summed E-state index contributed by atoms with van der Waals surface area (Å²) in [6.45, 7) is 1.87. The molecule has 0 saturated heterocycles. The molecular formula is C15H10BrClF2N2. The minimum Gasteiger partial charge on any atom is -0.295 e. The summed E-state index contributed by atoms with van der Waals surface area (Å²) < 4.78 is 29.4. The van der Waals surface area contributed by atoms with Crippen LogP contribution in [-0.2, 0) is 5.88 Å². The Labute approximate surface area is 133 Å². The van der Waals surface area contributed by atoms with Gasteiger partial charge in [-0.05, 0) is 52.7 Å². The van der Waals surface area contributed by atoms with Crippen molar-refractivity contribution in [1.29, 1.82) is 0 Å². The number of fused-ring (bicyclic) bond motifs is 1. The van der Waals surface area contributed by atoms with E-state index in [0.717, 1.165) is 5.56 Å². The standard InChI is InChI=1S/C15H10BrClF2N2/c1-8-4-10(16)11(19)6-14(8)21-13-3-2-9(18)5-12(13)20-15(21)7-17/h2-6H,7H2,1H3. The van der Waals surface area contributed by atoms with Gasteiger partial charge in [-0.3, -0.25) is 4.57 Å². The van der Waals surface area contributed by atoms with Crippen molar-refractivity contribution >= 4 is 38.6 Å². The zero-order valence-electron chi connectivity index (χ0n) is 11.0. The zero-order chi connectivity index (χ0) is 15.1. The number of imidazole rings is 1. The fourth-order valence-corrected chi connectivity index (χ4v) is 2.98. The minimum atomic E-state index is -0.375. The van der Waals surface area contributed by atoms with Crippen LogP contribution in [0.25, 0.3) is 16.7 Å². The maximum Gasteiger partial charge on any atom is 0.139 e. The van der Waals surface area contributed by atoms with Gasteiger partial charge in [-0.2, -0.15) is 0 Å². The van der Waals surface area contributed by atoms with Crippen molar-refractivity contribution in [3.8, 4) is 5.69 Å². The molecule has 0 atom stereocenters. The average Bonchev–Trinajstić information content (AvgIpc) is 2.80. The number of hydrogen-bond donors (Lipinski definition) is 0. The van der Waals surface area contributed by atoms with Crippen molar-refractivity contribution in [2.75, 3.05) is 0 Å². The van der Waals surface area contributed by atoms with E-state index in [4.69, 9.17) is 11.6 Å². The normalized spacial score (nSPS) is 11.3. The summed E-state index contributed by atoms with van der Waals surface area (Å²) in [6.07, 6.45) is 0. The number of alkyl halides is 1. The molecular weight excluding hydrogens is 362 g/mol. The molecule has 21 heavy (non-hydrogen) atoms. The van der Waals surface area contributed by atoms with Gasteiger partial charge in [0.2, 0.25) is 0 Å². The van der Waals surface area contributed by atoms with Gasteiger partial charge in [-0.15, -0.1) is 11.6 Å². The highest BCUT2D eigenvalue weighted by molar-refractivity contribution is 9.10. The van der Waals surface area contributed by atoms with E-state index < -0.39 is 0 Å². The highest BCUT2D eigenvalue weighted by Crippen LogP contribution is 2.28. The lowest BCUT2D eigenvalue weighted by Gasteiger charge is -2.12. The average molecular weight is 372 g/mol. The smallest absolute Gasteiger partial charge is 0.139 e. The Bertz CT molecular complexity index is 845. The number of nitrogens with zero attached hydrogens (tertiary/aromatic N) is 2. The van der Waals surface area contributed by atoms with Crippen LogP contribution in [0.15, 0.2) is 34.8 Å². The van der Waals surface area contributed by atoms with Gasteiger partial charge in [0.05, 0.1) is 27.1 Å². The first-order valence-electron chi connectivity index (χ1n) is 6.20.